The summed E-state index contributed by atoms with van der Waals surface area (Å²) >= 11 is 8.25. The highest BCUT2D eigenvalue weighted by molar-refractivity contribution is 7.13. The van der Waals surface area contributed by atoms with Gasteiger partial charge in [0.25, 0.3) is 5.56 Å². The minimum Gasteiger partial charge on any atom is -0.381 e. The molecule has 7 rings (SSSR count). The molecular formula is C32H33ClN8OS. The molecule has 5 heterocycles. The number of nitrogens with zero attached hydrogens (tertiary/aromatic N) is 6. The summed E-state index contributed by atoms with van der Waals surface area (Å²) in [5.74, 6) is 0.450. The molecule has 0 bridgehead atoms. The number of likely N-dealkylation sites (tertiary alicyclic amines) is 1. The van der Waals surface area contributed by atoms with Crippen LogP contribution in [0.15, 0.2) is 65.3 Å². The van der Waals surface area contributed by atoms with Gasteiger partial charge in [-0.15, -0.1) is 11.3 Å². The first-order valence-electron chi connectivity index (χ1n) is 14.8. The Labute approximate surface area is 259 Å². The number of fused-ring (bicyclic) bond motifs is 1. The minimum absolute atomic E-state index is 0.0668. The van der Waals surface area contributed by atoms with Gasteiger partial charge in [-0.3, -0.25) is 19.3 Å². The Bertz CT molecular complexity index is 1800. The molecule has 2 N–H and O–H groups in total. The highest BCUT2D eigenvalue weighted by Crippen LogP contribution is 2.34. The number of anilines is 3. The van der Waals surface area contributed by atoms with E-state index < -0.39 is 0 Å². The smallest absolute Gasteiger partial charge is 0.261 e. The van der Waals surface area contributed by atoms with Crippen molar-refractivity contribution in [3.63, 3.8) is 0 Å². The van der Waals surface area contributed by atoms with Crippen molar-refractivity contribution in [2.45, 2.75) is 50.6 Å². The van der Waals surface area contributed by atoms with Gasteiger partial charge in [-0.05, 0) is 75.7 Å². The number of aromatic nitrogens is 5. The Morgan fingerprint density at radius 1 is 0.977 bits per heavy atom. The molecule has 1 unspecified atom stereocenters. The van der Waals surface area contributed by atoms with Gasteiger partial charge in [0, 0.05) is 59.5 Å². The number of likely N-dealkylation sites (N-methyl/N-ethyl adjacent to an activating group) is 1. The van der Waals surface area contributed by atoms with Crippen molar-refractivity contribution in [1.29, 1.82) is 0 Å². The van der Waals surface area contributed by atoms with Crippen molar-refractivity contribution in [3.8, 4) is 21.7 Å². The molecule has 1 saturated carbocycles. The topological polar surface area (TPSA) is 101 Å². The Morgan fingerprint density at radius 3 is 2.53 bits per heavy atom. The second-order valence-electron chi connectivity index (χ2n) is 11.5. The predicted octanol–water partition coefficient (Wildman–Crippen LogP) is 7.00. The van der Waals surface area contributed by atoms with Gasteiger partial charge in [0.15, 0.2) is 0 Å². The average Bonchev–Trinajstić information content (AvgIpc) is 3.74. The summed E-state index contributed by atoms with van der Waals surface area (Å²) in [6, 6.07) is 12.4. The number of hydrogen-bond acceptors (Lipinski definition) is 9. The van der Waals surface area contributed by atoms with Crippen molar-refractivity contribution in [1.82, 2.24) is 29.4 Å². The maximum absolute atomic E-state index is 14.1. The molecule has 11 heteroatoms. The SMILES string of the molecule is CN1CCCC(Nc2ccc(Nc3ncc4cc(-c5ncc(-c6cncs6)cc5Cl)c(=O)n(C5CCCC5)c4n3)cc2)C1. The largest absolute Gasteiger partial charge is 0.381 e. The third kappa shape index (κ3) is 5.87. The highest BCUT2D eigenvalue weighted by atomic mass is 35.5. The van der Waals surface area contributed by atoms with Gasteiger partial charge in [0.05, 0.1) is 26.7 Å². The van der Waals surface area contributed by atoms with Crippen LogP contribution in [0.25, 0.3) is 32.7 Å². The first-order valence-corrected chi connectivity index (χ1v) is 16.1. The molecular weight excluding hydrogens is 580 g/mol. The van der Waals surface area contributed by atoms with Crippen LogP contribution in [0.2, 0.25) is 5.02 Å². The van der Waals surface area contributed by atoms with E-state index in [1.807, 2.05) is 28.8 Å². The lowest BCUT2D eigenvalue weighted by Crippen LogP contribution is -2.39. The second-order valence-corrected chi connectivity index (χ2v) is 12.8. The maximum atomic E-state index is 14.1. The average molecular weight is 613 g/mol. The van der Waals surface area contributed by atoms with Gasteiger partial charge >= 0.3 is 0 Å². The molecule has 0 spiro atoms. The fourth-order valence-electron chi connectivity index (χ4n) is 6.28. The highest BCUT2D eigenvalue weighted by Gasteiger charge is 2.25. The number of halogens is 1. The zero-order valence-corrected chi connectivity index (χ0v) is 25.5. The third-order valence-corrected chi connectivity index (χ3v) is 9.52. The zero-order valence-electron chi connectivity index (χ0n) is 24.0. The number of pyridine rings is 2. The molecule has 220 valence electrons. The van der Waals surface area contributed by atoms with Crippen molar-refractivity contribution < 1.29 is 0 Å². The van der Waals surface area contributed by atoms with E-state index in [0.29, 0.717) is 33.9 Å². The van der Waals surface area contributed by atoms with Crippen LogP contribution in [0.5, 0.6) is 0 Å². The summed E-state index contributed by atoms with van der Waals surface area (Å²) in [6.07, 6.45) is 11.7. The molecule has 43 heavy (non-hydrogen) atoms. The van der Waals surface area contributed by atoms with Gasteiger partial charge in [0.1, 0.15) is 5.65 Å². The van der Waals surface area contributed by atoms with E-state index in [0.717, 1.165) is 66.0 Å². The van der Waals surface area contributed by atoms with E-state index >= 15 is 0 Å². The summed E-state index contributed by atoms with van der Waals surface area (Å²) in [5, 5.41) is 8.18. The summed E-state index contributed by atoms with van der Waals surface area (Å²) < 4.78 is 1.84. The molecule has 0 amide bonds. The Balaban J connectivity index is 1.20. The first kappa shape index (κ1) is 27.9. The summed E-state index contributed by atoms with van der Waals surface area (Å²) in [5.41, 5.74) is 6.03. The molecule has 0 radical (unpaired) electrons. The van der Waals surface area contributed by atoms with Crippen LogP contribution >= 0.6 is 22.9 Å². The van der Waals surface area contributed by atoms with Crippen molar-refractivity contribution in [3.05, 3.63) is 75.9 Å². The van der Waals surface area contributed by atoms with E-state index in [4.69, 9.17) is 16.6 Å². The number of piperidine rings is 1. The lowest BCUT2D eigenvalue weighted by atomic mass is 10.1. The number of rotatable bonds is 7. The molecule has 4 aromatic heterocycles. The fourth-order valence-corrected chi connectivity index (χ4v) is 7.15. The molecule has 5 aromatic rings. The minimum atomic E-state index is -0.132. The van der Waals surface area contributed by atoms with E-state index in [2.05, 4.69) is 49.7 Å². The van der Waals surface area contributed by atoms with Gasteiger partial charge in [-0.1, -0.05) is 24.4 Å². The molecule has 1 atom stereocenters. The Morgan fingerprint density at radius 2 is 1.79 bits per heavy atom. The zero-order chi connectivity index (χ0) is 29.3. The fraction of sp³-hybridized carbons (Fsp3) is 0.344. The van der Waals surface area contributed by atoms with E-state index in [1.54, 1.807) is 24.1 Å². The Hall–Kier alpha value is -3.86. The first-order chi connectivity index (χ1) is 21.0. The molecule has 2 aliphatic rings. The van der Waals surface area contributed by atoms with Crippen LogP contribution in [-0.4, -0.2) is 55.6 Å². The van der Waals surface area contributed by atoms with E-state index in [9.17, 15) is 4.79 Å². The Kier molecular flexibility index (Phi) is 7.81. The number of hydrogen-bond donors (Lipinski definition) is 2. The van der Waals surface area contributed by atoms with Gasteiger partial charge in [-0.2, -0.15) is 4.98 Å². The van der Waals surface area contributed by atoms with Gasteiger partial charge in [0.2, 0.25) is 5.95 Å². The molecule has 9 nitrogen and oxygen atoms in total. The molecule has 2 fully saturated rings. The van der Waals surface area contributed by atoms with Crippen molar-refractivity contribution >= 4 is 51.3 Å². The van der Waals surface area contributed by atoms with Crippen molar-refractivity contribution in [2.75, 3.05) is 30.8 Å². The number of nitrogens with one attached hydrogen (secondary N) is 2. The third-order valence-electron chi connectivity index (χ3n) is 8.41. The number of benzene rings is 1. The molecule has 1 aromatic carbocycles. The summed E-state index contributed by atoms with van der Waals surface area (Å²) in [6.45, 7) is 2.21. The van der Waals surface area contributed by atoms with Crippen LogP contribution in [0.4, 0.5) is 17.3 Å². The standard InChI is InChI=1S/C32H33ClN8OS/c1-40-12-4-5-24(18-40)37-22-8-10-23(11-9-22)38-32-36-16-21-13-26(31(42)41(30(21)39-32)25-6-2-3-7-25)29-27(33)14-20(15-35-29)28-17-34-19-43-28/h8-11,13-17,19,24-25,37H,2-7,12,18H2,1H3,(H,36,38,39). The van der Waals surface area contributed by atoms with Crippen molar-refractivity contribution in [2.24, 2.45) is 0 Å². The maximum Gasteiger partial charge on any atom is 0.261 e. The van der Waals surface area contributed by atoms with Crippen LogP contribution in [0.1, 0.15) is 44.6 Å². The number of thiazole rings is 1. The monoisotopic (exact) mass is 612 g/mol. The normalized spacial score (nSPS) is 17.9. The predicted molar refractivity (Wildman–Crippen MR) is 175 cm³/mol. The molecule has 1 saturated heterocycles. The van der Waals surface area contributed by atoms with E-state index in [-0.39, 0.29) is 11.6 Å². The summed E-state index contributed by atoms with van der Waals surface area (Å²) in [4.78, 5) is 35.7. The van der Waals surface area contributed by atoms with Crippen LogP contribution < -0.4 is 16.2 Å². The van der Waals surface area contributed by atoms with Crippen LogP contribution in [0.3, 0.4) is 0 Å². The van der Waals surface area contributed by atoms with Crippen LogP contribution in [-0.2, 0) is 0 Å². The molecule has 1 aliphatic heterocycles. The van der Waals surface area contributed by atoms with Crippen LogP contribution in [0, 0.1) is 0 Å². The quantitative estimate of drug-likeness (QED) is 0.203. The summed E-state index contributed by atoms with van der Waals surface area (Å²) in [7, 11) is 2.17. The molecule has 1 aliphatic carbocycles. The second kappa shape index (κ2) is 12.0. The van der Waals surface area contributed by atoms with Gasteiger partial charge < -0.3 is 15.5 Å². The van der Waals surface area contributed by atoms with E-state index in [1.165, 1.54) is 24.2 Å². The lowest BCUT2D eigenvalue weighted by molar-refractivity contribution is 0.261. The lowest BCUT2D eigenvalue weighted by Gasteiger charge is -2.30. The van der Waals surface area contributed by atoms with Gasteiger partial charge in [-0.25, -0.2) is 4.98 Å².